The zero-order valence-corrected chi connectivity index (χ0v) is 30.8. The van der Waals surface area contributed by atoms with E-state index in [1.807, 2.05) is 0 Å². The topological polar surface area (TPSA) is 0 Å². The fourth-order valence-corrected chi connectivity index (χ4v) is 7.67. The molecule has 0 unspecified atom stereocenters. The van der Waals surface area contributed by atoms with Gasteiger partial charge in [-0.05, 0) is 12.8 Å². The molecule has 248 valence electrons. The van der Waals surface area contributed by atoms with E-state index in [9.17, 15) is 0 Å². The van der Waals surface area contributed by atoms with Crippen LogP contribution in [-0.4, -0.2) is 26.2 Å². The Bertz CT molecular complexity index is 450. The Morgan fingerprint density at radius 1 is 0.220 bits per heavy atom. The van der Waals surface area contributed by atoms with E-state index in [-0.39, 0.29) is 0 Å². The highest BCUT2D eigenvalue weighted by atomic mass is 31.2. The lowest BCUT2D eigenvalue weighted by Crippen LogP contribution is -1.93. The highest BCUT2D eigenvalue weighted by molar-refractivity contribution is 7.73. The molecule has 0 aliphatic heterocycles. The molecule has 0 N–H and O–H groups in total. The summed E-state index contributed by atoms with van der Waals surface area (Å²) in [5.74, 6) is 0. The summed E-state index contributed by atoms with van der Waals surface area (Å²) in [6, 6.07) is 0. The molecule has 41 heavy (non-hydrogen) atoms. The van der Waals surface area contributed by atoms with E-state index in [1.165, 1.54) is 231 Å². The van der Waals surface area contributed by atoms with Gasteiger partial charge in [0.2, 0.25) is 0 Å². The van der Waals surface area contributed by atoms with Crippen LogP contribution in [0.2, 0.25) is 0 Å². The van der Waals surface area contributed by atoms with Crippen LogP contribution in [0.1, 0.15) is 232 Å². The van der Waals surface area contributed by atoms with Crippen molar-refractivity contribution in [1.29, 1.82) is 0 Å². The third kappa shape index (κ3) is 40.4. The van der Waals surface area contributed by atoms with Gasteiger partial charge in [0.15, 0.2) is 0 Å². The maximum atomic E-state index is 2.48. The van der Waals surface area contributed by atoms with E-state index in [4.69, 9.17) is 0 Å². The third-order valence-corrected chi connectivity index (χ3v) is 11.1. The van der Waals surface area contributed by atoms with Gasteiger partial charge in [0, 0.05) is 27.3 Å². The average Bonchev–Trinajstić information content (AvgIpc) is 2.94. The van der Waals surface area contributed by atoms with Crippen molar-refractivity contribution in [2.24, 2.45) is 0 Å². The minimum atomic E-state index is -0.520. The van der Waals surface area contributed by atoms with Crippen LogP contribution in [-0.2, 0) is 0 Å². The summed E-state index contributed by atoms with van der Waals surface area (Å²) < 4.78 is 0. The van der Waals surface area contributed by atoms with E-state index in [2.05, 4.69) is 26.9 Å². The monoisotopic (exact) mass is 596 g/mol. The van der Waals surface area contributed by atoms with Crippen molar-refractivity contribution >= 4 is 7.26 Å². The second-order valence-corrected chi connectivity index (χ2v) is 20.1. The number of hydrogen-bond donors (Lipinski definition) is 0. The third-order valence-electron chi connectivity index (χ3n) is 9.43. The van der Waals surface area contributed by atoms with Gasteiger partial charge in [0.1, 0.15) is 0 Å². The summed E-state index contributed by atoms with van der Waals surface area (Å²) in [7, 11) is -0.520. The van der Waals surface area contributed by atoms with Crippen LogP contribution < -0.4 is 0 Å². The summed E-state index contributed by atoms with van der Waals surface area (Å²) in [5.41, 5.74) is 0. The van der Waals surface area contributed by atoms with Gasteiger partial charge in [-0.15, -0.1) is 0 Å². The highest BCUT2D eigenvalue weighted by Crippen LogP contribution is 2.47. The zero-order chi connectivity index (χ0) is 30.0. The quantitative estimate of drug-likeness (QED) is 0.0499. The molecule has 0 saturated heterocycles. The van der Waals surface area contributed by atoms with E-state index < -0.39 is 7.26 Å². The van der Waals surface area contributed by atoms with Crippen molar-refractivity contribution in [1.82, 2.24) is 0 Å². The Balaban J connectivity index is 3.04. The van der Waals surface area contributed by atoms with Crippen molar-refractivity contribution in [3.63, 3.8) is 0 Å². The molecule has 0 aromatic heterocycles. The Kier molecular flexibility index (Phi) is 35.3. The van der Waals surface area contributed by atoms with Crippen LogP contribution in [0.4, 0.5) is 0 Å². The minimum Gasteiger partial charge on any atom is -0.0654 e. The molecule has 0 saturated carbocycles. The lowest BCUT2D eigenvalue weighted by molar-refractivity contribution is 0.511. The number of unbranched alkanes of at least 4 members (excludes halogenated alkanes) is 34. The van der Waals surface area contributed by atoms with Gasteiger partial charge >= 0.3 is 0 Å². The van der Waals surface area contributed by atoms with E-state index in [0.29, 0.717) is 0 Å². The smallest absolute Gasteiger partial charge is 0.0586 e. The lowest BCUT2D eigenvalue weighted by atomic mass is 10.0. The summed E-state index contributed by atoms with van der Waals surface area (Å²) in [6.45, 7) is 9.76. The summed E-state index contributed by atoms with van der Waals surface area (Å²) in [4.78, 5) is 0. The maximum Gasteiger partial charge on any atom is 0.0586 e. The standard InChI is InChI=1S/C40H84P/c1-5-6-7-8-9-10-11-12-13-14-15-16-17-18-19-20-21-22-23-24-25-26-27-28-29-30-31-32-33-34-35-36-37-38-39-40-41(2,3)4/h5-40H2,1-4H3/q+1. The lowest BCUT2D eigenvalue weighted by Gasteiger charge is -2.10. The highest BCUT2D eigenvalue weighted by Gasteiger charge is 2.15. The molecule has 0 aliphatic rings. The molecule has 0 rings (SSSR count). The van der Waals surface area contributed by atoms with E-state index in [0.717, 1.165) is 0 Å². The Hall–Kier alpha value is 0.430. The van der Waals surface area contributed by atoms with Crippen molar-refractivity contribution in [2.45, 2.75) is 232 Å². The van der Waals surface area contributed by atoms with E-state index >= 15 is 0 Å². The summed E-state index contributed by atoms with van der Waals surface area (Å²) in [6.07, 6.45) is 53.6. The number of hydrogen-bond acceptors (Lipinski definition) is 0. The Labute approximate surface area is 264 Å². The molecule has 0 bridgehead atoms. The molecule has 0 aliphatic carbocycles. The summed E-state index contributed by atoms with van der Waals surface area (Å²) in [5, 5.41) is 0. The second-order valence-electron chi connectivity index (χ2n) is 15.0. The molecule has 0 aromatic carbocycles. The van der Waals surface area contributed by atoms with Gasteiger partial charge in [0.05, 0.1) is 6.16 Å². The number of rotatable bonds is 36. The van der Waals surface area contributed by atoms with Gasteiger partial charge in [0.25, 0.3) is 0 Å². The van der Waals surface area contributed by atoms with Gasteiger partial charge in [-0.1, -0.05) is 219 Å². The average molecular weight is 596 g/mol. The first kappa shape index (κ1) is 41.4. The molecular weight excluding hydrogens is 511 g/mol. The minimum absolute atomic E-state index is 0.520. The summed E-state index contributed by atoms with van der Waals surface area (Å²) >= 11 is 0. The van der Waals surface area contributed by atoms with Gasteiger partial charge in [-0.25, -0.2) is 0 Å². The van der Waals surface area contributed by atoms with Crippen molar-refractivity contribution in [3.05, 3.63) is 0 Å². The molecule has 1 heteroatoms. The Morgan fingerprint density at radius 3 is 0.512 bits per heavy atom. The van der Waals surface area contributed by atoms with Gasteiger partial charge in [-0.3, -0.25) is 0 Å². The predicted molar refractivity (Wildman–Crippen MR) is 197 cm³/mol. The van der Waals surface area contributed by atoms with Crippen LogP contribution in [0.15, 0.2) is 0 Å². The maximum absolute atomic E-state index is 2.48. The molecule has 0 heterocycles. The first-order valence-corrected chi connectivity index (χ1v) is 23.2. The normalized spacial score (nSPS) is 12.0. The van der Waals surface area contributed by atoms with E-state index in [1.54, 1.807) is 0 Å². The largest absolute Gasteiger partial charge is 0.0654 e. The molecule has 0 nitrogen and oxygen atoms in total. The molecule has 0 spiro atoms. The van der Waals surface area contributed by atoms with Crippen LogP contribution in [0.25, 0.3) is 0 Å². The molecule has 0 aromatic rings. The van der Waals surface area contributed by atoms with Gasteiger partial charge < -0.3 is 0 Å². The van der Waals surface area contributed by atoms with Gasteiger partial charge in [-0.2, -0.15) is 0 Å². The van der Waals surface area contributed by atoms with Crippen molar-refractivity contribution < 1.29 is 0 Å². The van der Waals surface area contributed by atoms with Crippen LogP contribution >= 0.6 is 7.26 Å². The SMILES string of the molecule is CCCCCCCCCCCCCCCCCCCCCCCCCCCCCCCCCCCCC[P+](C)(C)C. The zero-order valence-electron chi connectivity index (χ0n) is 29.9. The van der Waals surface area contributed by atoms with Crippen LogP contribution in [0.5, 0.6) is 0 Å². The van der Waals surface area contributed by atoms with Crippen molar-refractivity contribution in [3.8, 4) is 0 Å². The first-order chi connectivity index (χ1) is 20.1. The molecular formula is C40H84P+. The molecule has 0 amide bonds. The first-order valence-electron chi connectivity index (χ1n) is 19.9. The fraction of sp³-hybridized carbons (Fsp3) is 1.00. The Morgan fingerprint density at radius 2 is 0.366 bits per heavy atom. The van der Waals surface area contributed by atoms with Crippen LogP contribution in [0, 0.1) is 0 Å². The molecule has 0 fully saturated rings. The molecule has 0 radical (unpaired) electrons. The fourth-order valence-electron chi connectivity index (χ4n) is 6.49. The molecule has 0 atom stereocenters. The van der Waals surface area contributed by atoms with Crippen LogP contribution in [0.3, 0.4) is 0 Å². The second kappa shape index (κ2) is 34.9. The predicted octanol–water partition coefficient (Wildman–Crippen LogP) is 15.6. The van der Waals surface area contributed by atoms with Crippen molar-refractivity contribution in [2.75, 3.05) is 26.2 Å².